The number of nitrogens with zero attached hydrogens (tertiary/aromatic N) is 4. The minimum absolute atomic E-state index is 0.173. The van der Waals surface area contributed by atoms with E-state index in [1.165, 1.54) is 4.90 Å². The fraction of sp³-hybridized carbons (Fsp3) is 0.308. The number of carbonyl (C=O) groups is 2. The Kier molecular flexibility index (Phi) is 6.51. The number of carbonyl (C=O) groups excluding carboxylic acids is 2. The molecule has 0 unspecified atom stereocenters. The largest absolute Gasteiger partial charge is 0.449 e. The number of nitrogens with two attached hydrogens (primary N) is 1. The van der Waals surface area contributed by atoms with Crippen LogP contribution in [0.2, 0.25) is 5.02 Å². The SMILES string of the molecule is CCCOC(=O)N1CCN(C(=O)c2ccc3c(Cl)cc(-c4ccc5[nH]nc(C)c5c4)nc3c2)C[C@H]1N. The van der Waals surface area contributed by atoms with Crippen LogP contribution in [0.15, 0.2) is 42.5 Å². The van der Waals surface area contributed by atoms with E-state index in [-0.39, 0.29) is 12.5 Å². The summed E-state index contributed by atoms with van der Waals surface area (Å²) in [6, 6.07) is 13.1. The van der Waals surface area contributed by atoms with Crippen LogP contribution in [0, 0.1) is 6.92 Å². The highest BCUT2D eigenvalue weighted by atomic mass is 35.5. The molecule has 1 fully saturated rings. The average molecular weight is 507 g/mol. The van der Waals surface area contributed by atoms with Crippen LogP contribution in [0.3, 0.4) is 0 Å². The lowest BCUT2D eigenvalue weighted by molar-refractivity contribution is 0.0390. The lowest BCUT2D eigenvalue weighted by Crippen LogP contribution is -2.60. The predicted molar refractivity (Wildman–Crippen MR) is 139 cm³/mol. The molecule has 36 heavy (non-hydrogen) atoms. The van der Waals surface area contributed by atoms with Crippen LogP contribution in [-0.4, -0.2) is 69.4 Å². The Morgan fingerprint density at radius 1 is 1.17 bits per heavy atom. The van der Waals surface area contributed by atoms with Crippen LogP contribution in [0.25, 0.3) is 33.1 Å². The van der Waals surface area contributed by atoms with Crippen molar-refractivity contribution < 1.29 is 14.3 Å². The number of fused-ring (bicyclic) bond motifs is 2. The Balaban J connectivity index is 1.40. The van der Waals surface area contributed by atoms with Crippen LogP contribution in [0.1, 0.15) is 29.4 Å². The number of halogens is 1. The van der Waals surface area contributed by atoms with Crippen LogP contribution in [0.4, 0.5) is 4.79 Å². The van der Waals surface area contributed by atoms with E-state index in [0.717, 1.165) is 34.0 Å². The van der Waals surface area contributed by atoms with Gasteiger partial charge in [-0.05, 0) is 43.7 Å². The first-order valence-corrected chi connectivity index (χ1v) is 12.3. The number of benzene rings is 2. The molecule has 2 aromatic heterocycles. The highest BCUT2D eigenvalue weighted by molar-refractivity contribution is 6.35. The van der Waals surface area contributed by atoms with Crippen molar-refractivity contribution in [3.05, 3.63) is 58.7 Å². The number of amides is 2. The second-order valence-corrected chi connectivity index (χ2v) is 9.32. The van der Waals surface area contributed by atoms with Gasteiger partial charge in [0.05, 0.1) is 40.6 Å². The molecule has 1 saturated heterocycles. The third-order valence-electron chi connectivity index (χ3n) is 6.43. The maximum atomic E-state index is 13.3. The summed E-state index contributed by atoms with van der Waals surface area (Å²) >= 11 is 6.60. The van der Waals surface area contributed by atoms with Crippen LogP contribution >= 0.6 is 11.6 Å². The van der Waals surface area contributed by atoms with Crippen molar-refractivity contribution in [3.8, 4) is 11.3 Å². The summed E-state index contributed by atoms with van der Waals surface area (Å²) in [5, 5.41) is 9.59. The van der Waals surface area contributed by atoms with Gasteiger partial charge < -0.3 is 15.4 Å². The van der Waals surface area contributed by atoms with Gasteiger partial charge >= 0.3 is 6.09 Å². The predicted octanol–water partition coefficient (Wildman–Crippen LogP) is 4.33. The fourth-order valence-electron chi connectivity index (χ4n) is 4.45. The summed E-state index contributed by atoms with van der Waals surface area (Å²) < 4.78 is 5.19. The van der Waals surface area contributed by atoms with Crippen molar-refractivity contribution in [2.75, 3.05) is 26.2 Å². The van der Waals surface area contributed by atoms with Gasteiger partial charge in [-0.1, -0.05) is 30.7 Å². The number of nitrogens with one attached hydrogen (secondary N) is 1. The number of piperazine rings is 1. The standard InChI is InChI=1S/C26H27ClN6O3/c1-3-10-36-26(35)33-9-8-32(14-24(33)28)25(34)17-4-6-18-20(27)13-22(29-23(18)12-17)16-5-7-21-19(11-16)15(2)30-31-21/h4-7,11-13,24H,3,8-10,14,28H2,1-2H3,(H,30,31)/t24-/m0/s1. The van der Waals surface area contributed by atoms with Gasteiger partial charge in [-0.2, -0.15) is 5.10 Å². The fourth-order valence-corrected chi connectivity index (χ4v) is 4.71. The first-order valence-electron chi connectivity index (χ1n) is 11.9. The quantitative estimate of drug-likeness (QED) is 0.425. The van der Waals surface area contributed by atoms with E-state index in [0.29, 0.717) is 41.5 Å². The van der Waals surface area contributed by atoms with Gasteiger partial charge in [0.2, 0.25) is 0 Å². The summed E-state index contributed by atoms with van der Waals surface area (Å²) in [5.41, 5.74) is 10.8. The molecule has 3 N–H and O–H groups in total. The number of hydrogen-bond donors (Lipinski definition) is 2. The van der Waals surface area contributed by atoms with Crippen LogP contribution in [-0.2, 0) is 4.74 Å². The van der Waals surface area contributed by atoms with Gasteiger partial charge in [0.1, 0.15) is 6.17 Å². The Hall–Kier alpha value is -3.69. The zero-order chi connectivity index (χ0) is 25.4. The topological polar surface area (TPSA) is 117 Å². The Morgan fingerprint density at radius 2 is 2.00 bits per heavy atom. The number of aryl methyl sites for hydroxylation is 1. The lowest BCUT2D eigenvalue weighted by atomic mass is 10.0. The van der Waals surface area contributed by atoms with E-state index in [2.05, 4.69) is 10.2 Å². The lowest BCUT2D eigenvalue weighted by Gasteiger charge is -2.38. The molecule has 1 aliphatic rings. The number of ether oxygens (including phenoxy) is 1. The molecule has 0 radical (unpaired) electrons. The minimum Gasteiger partial charge on any atom is -0.449 e. The second kappa shape index (κ2) is 9.75. The number of H-pyrrole nitrogens is 1. The zero-order valence-electron chi connectivity index (χ0n) is 20.1. The maximum absolute atomic E-state index is 13.3. The van der Waals surface area contributed by atoms with E-state index in [1.54, 1.807) is 17.0 Å². The van der Waals surface area contributed by atoms with Gasteiger partial charge in [0.25, 0.3) is 5.91 Å². The normalized spacial score (nSPS) is 16.1. The first-order chi connectivity index (χ1) is 17.4. The number of pyridine rings is 1. The Bertz CT molecular complexity index is 1470. The maximum Gasteiger partial charge on any atom is 0.411 e. The van der Waals surface area contributed by atoms with E-state index >= 15 is 0 Å². The molecule has 1 aliphatic heterocycles. The second-order valence-electron chi connectivity index (χ2n) is 8.92. The monoisotopic (exact) mass is 506 g/mol. The van der Waals surface area contributed by atoms with E-state index in [1.807, 2.05) is 44.2 Å². The highest BCUT2D eigenvalue weighted by Gasteiger charge is 2.31. The van der Waals surface area contributed by atoms with Gasteiger partial charge in [-0.15, -0.1) is 0 Å². The number of rotatable bonds is 4. The van der Waals surface area contributed by atoms with Crippen LogP contribution in [0.5, 0.6) is 0 Å². The minimum atomic E-state index is -0.632. The van der Waals surface area contributed by atoms with Crippen LogP contribution < -0.4 is 5.73 Å². The van der Waals surface area contributed by atoms with E-state index in [9.17, 15) is 9.59 Å². The molecule has 3 heterocycles. The number of hydrogen-bond acceptors (Lipinski definition) is 6. The molecule has 9 nitrogen and oxygen atoms in total. The van der Waals surface area contributed by atoms with E-state index < -0.39 is 12.3 Å². The summed E-state index contributed by atoms with van der Waals surface area (Å²) in [4.78, 5) is 33.4. The van der Waals surface area contributed by atoms with Crippen molar-refractivity contribution in [2.24, 2.45) is 5.73 Å². The molecular formula is C26H27ClN6O3. The molecule has 2 aromatic carbocycles. The van der Waals surface area contributed by atoms with Gasteiger partial charge in [-0.3, -0.25) is 14.8 Å². The smallest absolute Gasteiger partial charge is 0.411 e. The molecule has 0 saturated carbocycles. The number of aromatic nitrogens is 3. The molecule has 0 bridgehead atoms. The molecule has 5 rings (SSSR count). The molecular weight excluding hydrogens is 480 g/mol. The van der Waals surface area contributed by atoms with Crippen molar-refractivity contribution in [1.82, 2.24) is 25.0 Å². The summed E-state index contributed by atoms with van der Waals surface area (Å²) in [7, 11) is 0. The zero-order valence-corrected chi connectivity index (χ0v) is 20.9. The Labute approximate surface area is 213 Å². The molecule has 2 amide bonds. The Morgan fingerprint density at radius 3 is 2.78 bits per heavy atom. The van der Waals surface area contributed by atoms with Gasteiger partial charge in [0, 0.05) is 35.0 Å². The summed E-state index contributed by atoms with van der Waals surface area (Å²) in [5.74, 6) is -0.173. The van der Waals surface area contributed by atoms with Gasteiger partial charge in [0.15, 0.2) is 0 Å². The van der Waals surface area contributed by atoms with Gasteiger partial charge in [-0.25, -0.2) is 9.78 Å². The molecule has 10 heteroatoms. The van der Waals surface area contributed by atoms with E-state index in [4.69, 9.17) is 27.1 Å². The molecule has 186 valence electrons. The van der Waals surface area contributed by atoms with Crippen molar-refractivity contribution in [1.29, 1.82) is 0 Å². The average Bonchev–Trinajstić information content (AvgIpc) is 3.26. The summed E-state index contributed by atoms with van der Waals surface area (Å²) in [6.07, 6.45) is -0.344. The molecule has 4 aromatic rings. The first kappa shape index (κ1) is 24.0. The molecule has 1 atom stereocenters. The number of aromatic amines is 1. The third kappa shape index (κ3) is 4.47. The summed E-state index contributed by atoms with van der Waals surface area (Å²) in [6.45, 7) is 5.11. The highest BCUT2D eigenvalue weighted by Crippen LogP contribution is 2.31. The van der Waals surface area contributed by atoms with Crippen molar-refractivity contribution >= 4 is 45.4 Å². The van der Waals surface area contributed by atoms with Crippen molar-refractivity contribution in [3.63, 3.8) is 0 Å². The molecule has 0 aliphatic carbocycles. The van der Waals surface area contributed by atoms with Crippen molar-refractivity contribution in [2.45, 2.75) is 26.4 Å². The molecule has 0 spiro atoms. The third-order valence-corrected chi connectivity index (χ3v) is 6.74.